The molecule has 0 fully saturated rings. The standard InChI is InChI=1S/C14H18N2O/c1-14(15,7-9-17-2)12-6-5-11-4-3-8-16-13(11)10-12/h3-6,8,10H,7,9,15H2,1-2H3. The number of benzene rings is 1. The van der Waals surface area contributed by atoms with E-state index in [1.807, 2.05) is 13.0 Å². The van der Waals surface area contributed by atoms with Gasteiger partial charge in [-0.2, -0.15) is 0 Å². The van der Waals surface area contributed by atoms with Gasteiger partial charge < -0.3 is 10.5 Å². The highest BCUT2D eigenvalue weighted by Crippen LogP contribution is 2.24. The lowest BCUT2D eigenvalue weighted by atomic mass is 9.89. The molecule has 17 heavy (non-hydrogen) atoms. The first-order valence-corrected chi connectivity index (χ1v) is 5.76. The predicted octanol–water partition coefficient (Wildman–Crippen LogP) is 2.45. The predicted molar refractivity (Wildman–Crippen MR) is 69.8 cm³/mol. The molecular formula is C14H18N2O. The minimum Gasteiger partial charge on any atom is -0.385 e. The molecule has 2 rings (SSSR count). The van der Waals surface area contributed by atoms with Gasteiger partial charge in [0.2, 0.25) is 0 Å². The number of methoxy groups -OCH3 is 1. The molecule has 0 saturated carbocycles. The quantitative estimate of drug-likeness (QED) is 0.877. The molecule has 0 radical (unpaired) electrons. The lowest BCUT2D eigenvalue weighted by Gasteiger charge is -2.25. The smallest absolute Gasteiger partial charge is 0.0705 e. The first kappa shape index (κ1) is 12.0. The number of nitrogens with zero attached hydrogens (tertiary/aromatic N) is 1. The van der Waals surface area contributed by atoms with Crippen molar-refractivity contribution < 1.29 is 4.74 Å². The number of hydrogen-bond acceptors (Lipinski definition) is 3. The summed E-state index contributed by atoms with van der Waals surface area (Å²) in [5.74, 6) is 0. The molecule has 3 nitrogen and oxygen atoms in total. The van der Waals surface area contributed by atoms with Crippen LogP contribution in [0, 0.1) is 0 Å². The Morgan fingerprint density at radius 3 is 2.94 bits per heavy atom. The number of hydrogen-bond donors (Lipinski definition) is 1. The molecule has 2 aromatic rings. The van der Waals surface area contributed by atoms with Crippen molar-refractivity contribution in [1.82, 2.24) is 4.98 Å². The van der Waals surface area contributed by atoms with Crippen LogP contribution in [0.2, 0.25) is 0 Å². The third-order valence-electron chi connectivity index (χ3n) is 3.09. The van der Waals surface area contributed by atoms with Gasteiger partial charge >= 0.3 is 0 Å². The highest BCUT2D eigenvalue weighted by molar-refractivity contribution is 5.79. The molecule has 90 valence electrons. The SMILES string of the molecule is COCCC(C)(N)c1ccc2cccnc2c1. The molecule has 0 bridgehead atoms. The van der Waals surface area contributed by atoms with E-state index in [0.717, 1.165) is 22.9 Å². The molecule has 1 atom stereocenters. The van der Waals surface area contributed by atoms with E-state index in [-0.39, 0.29) is 5.54 Å². The third kappa shape index (κ3) is 2.62. The molecule has 1 aromatic carbocycles. The summed E-state index contributed by atoms with van der Waals surface area (Å²) in [7, 11) is 1.69. The van der Waals surface area contributed by atoms with Gasteiger partial charge in [0.05, 0.1) is 5.52 Å². The topological polar surface area (TPSA) is 48.1 Å². The summed E-state index contributed by atoms with van der Waals surface area (Å²) in [5, 5.41) is 1.14. The Hall–Kier alpha value is -1.45. The summed E-state index contributed by atoms with van der Waals surface area (Å²) in [6.45, 7) is 2.68. The highest BCUT2D eigenvalue weighted by Gasteiger charge is 2.20. The van der Waals surface area contributed by atoms with Crippen molar-refractivity contribution >= 4 is 10.9 Å². The van der Waals surface area contributed by atoms with E-state index in [2.05, 4.69) is 29.2 Å². The van der Waals surface area contributed by atoms with Crippen LogP contribution in [0.25, 0.3) is 10.9 Å². The Balaban J connectivity index is 2.35. The van der Waals surface area contributed by atoms with Crippen molar-refractivity contribution in [3.63, 3.8) is 0 Å². The number of fused-ring (bicyclic) bond motifs is 1. The molecule has 1 unspecified atom stereocenters. The molecule has 3 heteroatoms. The van der Waals surface area contributed by atoms with E-state index >= 15 is 0 Å². The van der Waals surface area contributed by atoms with Gasteiger partial charge in [0.1, 0.15) is 0 Å². The average molecular weight is 230 g/mol. The zero-order valence-electron chi connectivity index (χ0n) is 10.3. The molecule has 0 spiro atoms. The maximum Gasteiger partial charge on any atom is 0.0705 e. The van der Waals surface area contributed by atoms with Crippen molar-refractivity contribution in [3.05, 3.63) is 42.1 Å². The van der Waals surface area contributed by atoms with E-state index in [0.29, 0.717) is 6.61 Å². The van der Waals surface area contributed by atoms with Crippen LogP contribution in [-0.2, 0) is 10.3 Å². The Labute approximate surface area is 102 Å². The summed E-state index contributed by atoms with van der Waals surface area (Å²) < 4.78 is 5.09. The van der Waals surface area contributed by atoms with Crippen molar-refractivity contribution in [2.24, 2.45) is 5.73 Å². The fourth-order valence-corrected chi connectivity index (χ4v) is 1.88. The zero-order valence-corrected chi connectivity index (χ0v) is 10.3. The number of rotatable bonds is 4. The summed E-state index contributed by atoms with van der Waals surface area (Å²) >= 11 is 0. The first-order chi connectivity index (χ1) is 8.13. The van der Waals surface area contributed by atoms with Crippen molar-refractivity contribution in [1.29, 1.82) is 0 Å². The van der Waals surface area contributed by atoms with Crippen molar-refractivity contribution in [2.75, 3.05) is 13.7 Å². The Morgan fingerprint density at radius 2 is 2.18 bits per heavy atom. The Kier molecular flexibility index (Phi) is 3.41. The minimum atomic E-state index is -0.373. The van der Waals surface area contributed by atoms with Crippen LogP contribution >= 0.6 is 0 Å². The zero-order chi connectivity index (χ0) is 12.3. The number of pyridine rings is 1. The van der Waals surface area contributed by atoms with E-state index in [4.69, 9.17) is 10.5 Å². The highest BCUT2D eigenvalue weighted by atomic mass is 16.5. The Bertz CT molecular complexity index is 508. The molecular weight excluding hydrogens is 212 g/mol. The second kappa shape index (κ2) is 4.82. The first-order valence-electron chi connectivity index (χ1n) is 5.76. The summed E-state index contributed by atoms with van der Waals surface area (Å²) in [6, 6.07) is 10.2. The molecule has 0 aliphatic heterocycles. The lowest BCUT2D eigenvalue weighted by molar-refractivity contribution is 0.172. The van der Waals surface area contributed by atoms with Gasteiger partial charge in [0, 0.05) is 30.8 Å². The largest absolute Gasteiger partial charge is 0.385 e. The second-order valence-corrected chi connectivity index (χ2v) is 4.57. The van der Waals surface area contributed by atoms with Gasteiger partial charge in [-0.15, -0.1) is 0 Å². The van der Waals surface area contributed by atoms with Crippen molar-refractivity contribution in [2.45, 2.75) is 18.9 Å². The average Bonchev–Trinajstić information content (AvgIpc) is 2.36. The number of aromatic nitrogens is 1. The van der Waals surface area contributed by atoms with Crippen LogP contribution in [0.15, 0.2) is 36.5 Å². The molecule has 1 aromatic heterocycles. The molecule has 0 saturated heterocycles. The van der Waals surface area contributed by atoms with Crippen LogP contribution < -0.4 is 5.73 Å². The number of nitrogens with two attached hydrogens (primary N) is 1. The summed E-state index contributed by atoms with van der Waals surface area (Å²) in [6.07, 6.45) is 2.59. The fourth-order valence-electron chi connectivity index (χ4n) is 1.88. The van der Waals surface area contributed by atoms with Gasteiger partial charge in [-0.3, -0.25) is 4.98 Å². The van der Waals surface area contributed by atoms with Crippen LogP contribution in [0.4, 0.5) is 0 Å². The van der Waals surface area contributed by atoms with Gasteiger partial charge in [0.25, 0.3) is 0 Å². The monoisotopic (exact) mass is 230 g/mol. The van der Waals surface area contributed by atoms with Crippen LogP contribution in [0.3, 0.4) is 0 Å². The van der Waals surface area contributed by atoms with Gasteiger partial charge in [0.15, 0.2) is 0 Å². The van der Waals surface area contributed by atoms with Gasteiger partial charge in [-0.1, -0.05) is 18.2 Å². The van der Waals surface area contributed by atoms with E-state index in [1.54, 1.807) is 13.3 Å². The van der Waals surface area contributed by atoms with E-state index < -0.39 is 0 Å². The van der Waals surface area contributed by atoms with Crippen LogP contribution in [0.5, 0.6) is 0 Å². The van der Waals surface area contributed by atoms with Crippen LogP contribution in [0.1, 0.15) is 18.9 Å². The molecule has 0 aliphatic rings. The molecule has 1 heterocycles. The lowest BCUT2D eigenvalue weighted by Crippen LogP contribution is -2.34. The van der Waals surface area contributed by atoms with E-state index in [1.165, 1.54) is 0 Å². The van der Waals surface area contributed by atoms with E-state index in [9.17, 15) is 0 Å². The summed E-state index contributed by atoms with van der Waals surface area (Å²) in [4.78, 5) is 4.35. The third-order valence-corrected chi connectivity index (χ3v) is 3.09. The molecule has 0 aliphatic carbocycles. The fraction of sp³-hybridized carbons (Fsp3) is 0.357. The van der Waals surface area contributed by atoms with Gasteiger partial charge in [-0.25, -0.2) is 0 Å². The molecule has 2 N–H and O–H groups in total. The summed E-state index contributed by atoms with van der Waals surface area (Å²) in [5.41, 5.74) is 8.02. The number of ether oxygens (including phenoxy) is 1. The Morgan fingerprint density at radius 1 is 1.35 bits per heavy atom. The van der Waals surface area contributed by atoms with Crippen LogP contribution in [-0.4, -0.2) is 18.7 Å². The maximum atomic E-state index is 6.31. The van der Waals surface area contributed by atoms with Crippen molar-refractivity contribution in [3.8, 4) is 0 Å². The van der Waals surface area contributed by atoms with Gasteiger partial charge in [-0.05, 0) is 31.0 Å². The minimum absolute atomic E-state index is 0.373. The second-order valence-electron chi connectivity index (χ2n) is 4.57. The molecule has 0 amide bonds. The normalized spacial score (nSPS) is 14.8. The maximum absolute atomic E-state index is 6.31.